The number of carbonyl (C=O) groups excluding carboxylic acids is 1. The first kappa shape index (κ1) is 13.4. The molecule has 0 bridgehead atoms. The summed E-state index contributed by atoms with van der Waals surface area (Å²) in [4.78, 5) is 11.8. The minimum atomic E-state index is -0.525. The van der Waals surface area contributed by atoms with Crippen LogP contribution in [0.25, 0.3) is 0 Å². The highest BCUT2D eigenvalue weighted by molar-refractivity contribution is 5.87. The Labute approximate surface area is 114 Å². The van der Waals surface area contributed by atoms with E-state index in [0.717, 1.165) is 12.8 Å². The number of esters is 1. The smallest absolute Gasteiger partial charge is 0.333 e. The van der Waals surface area contributed by atoms with E-state index in [9.17, 15) is 4.79 Å². The maximum absolute atomic E-state index is 11.8. The van der Waals surface area contributed by atoms with Crippen LogP contribution < -0.4 is 0 Å². The van der Waals surface area contributed by atoms with Gasteiger partial charge in [0.25, 0.3) is 0 Å². The summed E-state index contributed by atoms with van der Waals surface area (Å²) in [7, 11) is 0. The van der Waals surface area contributed by atoms with Gasteiger partial charge in [-0.3, -0.25) is 0 Å². The predicted octanol–water partition coefficient (Wildman–Crippen LogP) is 3.06. The van der Waals surface area contributed by atoms with Crippen molar-refractivity contribution in [2.75, 3.05) is 0 Å². The first-order valence-electron chi connectivity index (χ1n) is 6.41. The van der Waals surface area contributed by atoms with Crippen molar-refractivity contribution in [1.29, 1.82) is 0 Å². The van der Waals surface area contributed by atoms with Crippen LogP contribution in [0.2, 0.25) is 0 Å². The average molecular weight is 254 g/mol. The molecular formula is C17H18O2. The third kappa shape index (κ3) is 2.88. The summed E-state index contributed by atoms with van der Waals surface area (Å²) >= 11 is 0. The zero-order chi connectivity index (χ0) is 13.9. The molecule has 0 fully saturated rings. The second kappa shape index (κ2) is 5.32. The van der Waals surface area contributed by atoms with Crippen LogP contribution in [-0.4, -0.2) is 11.6 Å². The Morgan fingerprint density at radius 3 is 2.42 bits per heavy atom. The summed E-state index contributed by atoms with van der Waals surface area (Å²) in [5.41, 5.74) is 2.40. The van der Waals surface area contributed by atoms with E-state index in [-0.39, 0.29) is 5.97 Å². The van der Waals surface area contributed by atoms with Gasteiger partial charge in [0.1, 0.15) is 5.60 Å². The average Bonchev–Trinajstić information content (AvgIpc) is 2.74. The fraction of sp³-hybridized carbons (Fsp3) is 0.353. The van der Waals surface area contributed by atoms with Crippen LogP contribution in [0.15, 0.2) is 36.4 Å². The monoisotopic (exact) mass is 254 g/mol. The zero-order valence-corrected chi connectivity index (χ0v) is 11.5. The minimum Gasteiger partial charge on any atom is -0.454 e. The summed E-state index contributed by atoms with van der Waals surface area (Å²) < 4.78 is 5.70. The van der Waals surface area contributed by atoms with Gasteiger partial charge in [0.2, 0.25) is 0 Å². The molecule has 2 rings (SSSR count). The number of ether oxygens (including phenoxy) is 1. The van der Waals surface area contributed by atoms with Gasteiger partial charge in [-0.25, -0.2) is 4.79 Å². The molecule has 0 atom stereocenters. The van der Waals surface area contributed by atoms with E-state index in [1.165, 1.54) is 11.1 Å². The third-order valence-corrected chi connectivity index (χ3v) is 3.39. The van der Waals surface area contributed by atoms with E-state index < -0.39 is 5.60 Å². The Morgan fingerprint density at radius 1 is 1.37 bits per heavy atom. The molecule has 0 saturated heterocycles. The topological polar surface area (TPSA) is 26.3 Å². The molecule has 1 aliphatic rings. The summed E-state index contributed by atoms with van der Waals surface area (Å²) in [5, 5.41) is 0. The normalized spacial score (nSPS) is 15.1. The fourth-order valence-electron chi connectivity index (χ4n) is 2.43. The van der Waals surface area contributed by atoms with Gasteiger partial charge in [0.15, 0.2) is 0 Å². The van der Waals surface area contributed by atoms with Gasteiger partial charge in [0, 0.05) is 24.8 Å². The van der Waals surface area contributed by atoms with Crippen molar-refractivity contribution in [1.82, 2.24) is 0 Å². The summed E-state index contributed by atoms with van der Waals surface area (Å²) in [6.07, 6.45) is 2.03. The second-order valence-electron chi connectivity index (χ2n) is 5.08. The lowest BCUT2D eigenvalue weighted by Crippen LogP contribution is -2.36. The first-order valence-corrected chi connectivity index (χ1v) is 6.41. The number of carbonyl (C=O) groups is 1. The van der Waals surface area contributed by atoms with Crippen molar-refractivity contribution < 1.29 is 9.53 Å². The highest BCUT2D eigenvalue weighted by atomic mass is 16.6. The number of hydrogen-bond donors (Lipinski definition) is 0. The van der Waals surface area contributed by atoms with Crippen LogP contribution in [0.3, 0.4) is 0 Å². The van der Waals surface area contributed by atoms with E-state index in [1.807, 2.05) is 12.1 Å². The molecule has 0 radical (unpaired) electrons. The van der Waals surface area contributed by atoms with Crippen LogP contribution in [0, 0.1) is 11.8 Å². The molecule has 1 aliphatic carbocycles. The molecule has 0 unspecified atom stereocenters. The molecule has 0 N–H and O–H groups in total. The van der Waals surface area contributed by atoms with E-state index in [0.29, 0.717) is 12.0 Å². The zero-order valence-electron chi connectivity index (χ0n) is 11.5. The van der Waals surface area contributed by atoms with Crippen molar-refractivity contribution in [2.45, 2.75) is 38.7 Å². The van der Waals surface area contributed by atoms with Crippen LogP contribution in [0.4, 0.5) is 0 Å². The largest absolute Gasteiger partial charge is 0.454 e. The van der Waals surface area contributed by atoms with Gasteiger partial charge in [-0.05, 0) is 25.0 Å². The summed E-state index contributed by atoms with van der Waals surface area (Å²) in [6, 6.07) is 8.21. The predicted molar refractivity (Wildman–Crippen MR) is 75.6 cm³/mol. The van der Waals surface area contributed by atoms with Crippen molar-refractivity contribution in [3.63, 3.8) is 0 Å². The molecule has 0 heterocycles. The third-order valence-electron chi connectivity index (χ3n) is 3.39. The lowest BCUT2D eigenvalue weighted by Gasteiger charge is -2.27. The van der Waals surface area contributed by atoms with E-state index >= 15 is 0 Å². The highest BCUT2D eigenvalue weighted by Gasteiger charge is 2.40. The van der Waals surface area contributed by atoms with E-state index in [1.54, 1.807) is 13.8 Å². The van der Waals surface area contributed by atoms with Crippen LogP contribution in [0.1, 0.15) is 31.4 Å². The quantitative estimate of drug-likeness (QED) is 0.471. The van der Waals surface area contributed by atoms with Crippen molar-refractivity contribution in [3.8, 4) is 11.8 Å². The second-order valence-corrected chi connectivity index (χ2v) is 5.08. The fourth-order valence-corrected chi connectivity index (χ4v) is 2.43. The van der Waals surface area contributed by atoms with E-state index in [4.69, 9.17) is 4.74 Å². The Morgan fingerprint density at radius 2 is 1.95 bits per heavy atom. The van der Waals surface area contributed by atoms with Gasteiger partial charge in [-0.2, -0.15) is 0 Å². The SMILES string of the molecule is C=C(C)C(=O)OC1(CC#CC)Cc2ccccc2C1. The first-order chi connectivity index (χ1) is 9.06. The molecule has 0 amide bonds. The number of hydrogen-bond acceptors (Lipinski definition) is 2. The molecule has 2 nitrogen and oxygen atoms in total. The van der Waals surface area contributed by atoms with E-state index in [2.05, 4.69) is 30.6 Å². The van der Waals surface area contributed by atoms with Crippen LogP contribution in [0.5, 0.6) is 0 Å². The summed E-state index contributed by atoms with van der Waals surface area (Å²) in [6.45, 7) is 7.12. The maximum atomic E-state index is 11.8. The van der Waals surface area contributed by atoms with Gasteiger partial charge in [-0.1, -0.05) is 36.8 Å². The van der Waals surface area contributed by atoms with Crippen molar-refractivity contribution in [3.05, 3.63) is 47.5 Å². The number of rotatable bonds is 3. The Kier molecular flexibility index (Phi) is 3.76. The molecule has 0 saturated carbocycles. The molecule has 2 heteroatoms. The van der Waals surface area contributed by atoms with Crippen LogP contribution in [-0.2, 0) is 22.4 Å². The number of benzene rings is 1. The Hall–Kier alpha value is -2.01. The number of fused-ring (bicyclic) bond motifs is 1. The Balaban J connectivity index is 2.26. The summed E-state index contributed by atoms with van der Waals surface area (Å²) in [5.74, 6) is 5.61. The highest BCUT2D eigenvalue weighted by Crippen LogP contribution is 2.35. The molecular weight excluding hydrogens is 236 g/mol. The molecule has 98 valence electrons. The minimum absolute atomic E-state index is 0.328. The van der Waals surface area contributed by atoms with Crippen LogP contribution >= 0.6 is 0 Å². The van der Waals surface area contributed by atoms with Crippen molar-refractivity contribution >= 4 is 5.97 Å². The molecule has 1 aromatic rings. The maximum Gasteiger partial charge on any atom is 0.333 e. The van der Waals surface area contributed by atoms with Gasteiger partial charge < -0.3 is 4.74 Å². The molecule has 19 heavy (non-hydrogen) atoms. The molecule has 0 spiro atoms. The molecule has 0 aromatic heterocycles. The lowest BCUT2D eigenvalue weighted by molar-refractivity contribution is -0.153. The van der Waals surface area contributed by atoms with Crippen molar-refractivity contribution in [2.24, 2.45) is 0 Å². The van der Waals surface area contributed by atoms with Gasteiger partial charge in [-0.15, -0.1) is 5.92 Å². The lowest BCUT2D eigenvalue weighted by atomic mass is 9.95. The molecule has 0 aliphatic heterocycles. The molecule has 1 aromatic carbocycles. The van der Waals surface area contributed by atoms with Gasteiger partial charge >= 0.3 is 5.97 Å². The standard InChI is InChI=1S/C17H18O2/c1-4-5-10-17(19-16(18)13(2)3)11-14-8-6-7-9-15(14)12-17/h6-9H,2,10-12H2,1,3H3. The van der Waals surface area contributed by atoms with Gasteiger partial charge in [0.05, 0.1) is 0 Å². The Bertz CT molecular complexity index is 547.